The second-order valence-electron chi connectivity index (χ2n) is 7.30. The van der Waals surface area contributed by atoms with Crippen molar-refractivity contribution in [1.82, 2.24) is 4.90 Å². The highest BCUT2D eigenvalue weighted by Crippen LogP contribution is 2.39. The minimum atomic E-state index is -0.610. The first-order chi connectivity index (χ1) is 8.32. The molecule has 0 bridgehead atoms. The second-order valence-corrected chi connectivity index (χ2v) is 7.30. The summed E-state index contributed by atoms with van der Waals surface area (Å²) in [5.74, 6) is -0.610. The monoisotopic (exact) mass is 253 g/mol. The van der Waals surface area contributed by atoms with E-state index in [-0.39, 0.29) is 0 Å². The van der Waals surface area contributed by atoms with Crippen LogP contribution in [0.15, 0.2) is 0 Å². The molecule has 2 fully saturated rings. The first-order valence-electron chi connectivity index (χ1n) is 7.30. The van der Waals surface area contributed by atoms with Gasteiger partial charge in [-0.15, -0.1) is 0 Å². The Labute approximate surface area is 111 Å². The van der Waals surface area contributed by atoms with Crippen molar-refractivity contribution in [1.29, 1.82) is 0 Å². The lowest BCUT2D eigenvalue weighted by Crippen LogP contribution is -2.47. The summed E-state index contributed by atoms with van der Waals surface area (Å²) in [6.45, 7) is 9.01. The largest absolute Gasteiger partial charge is 0.481 e. The zero-order valence-electron chi connectivity index (χ0n) is 12.0. The Hall–Kier alpha value is -0.570. The molecule has 1 saturated heterocycles. The lowest BCUT2D eigenvalue weighted by atomic mass is 9.73. The molecular weight excluding hydrogens is 226 g/mol. The Morgan fingerprint density at radius 1 is 1.06 bits per heavy atom. The highest BCUT2D eigenvalue weighted by Gasteiger charge is 2.39. The molecule has 0 unspecified atom stereocenters. The number of carboxylic acid groups (broad SMARTS) is 1. The van der Waals surface area contributed by atoms with Gasteiger partial charge in [0.1, 0.15) is 0 Å². The summed E-state index contributed by atoms with van der Waals surface area (Å²) in [6, 6.07) is 0.633. The number of hydrogen-bond donors (Lipinski definition) is 1. The highest BCUT2D eigenvalue weighted by atomic mass is 16.4. The van der Waals surface area contributed by atoms with Gasteiger partial charge in [0.15, 0.2) is 0 Å². The van der Waals surface area contributed by atoms with E-state index >= 15 is 0 Å². The van der Waals surface area contributed by atoms with Crippen LogP contribution in [-0.2, 0) is 4.79 Å². The van der Waals surface area contributed by atoms with E-state index in [0.717, 1.165) is 25.7 Å². The van der Waals surface area contributed by atoms with E-state index in [2.05, 4.69) is 18.7 Å². The molecule has 1 aliphatic heterocycles. The first kappa shape index (κ1) is 13.9. The Bertz CT molecular complexity index is 306. The molecule has 1 aliphatic carbocycles. The van der Waals surface area contributed by atoms with Crippen LogP contribution in [0.4, 0.5) is 0 Å². The van der Waals surface area contributed by atoms with Crippen LogP contribution in [0.1, 0.15) is 59.3 Å². The van der Waals surface area contributed by atoms with Crippen molar-refractivity contribution in [2.24, 2.45) is 10.8 Å². The molecule has 1 heterocycles. The minimum absolute atomic E-state index is 0.467. The van der Waals surface area contributed by atoms with Crippen LogP contribution in [0, 0.1) is 10.8 Å². The third-order valence-corrected chi connectivity index (χ3v) is 5.24. The van der Waals surface area contributed by atoms with Crippen LogP contribution < -0.4 is 0 Å². The maximum absolute atomic E-state index is 11.2. The van der Waals surface area contributed by atoms with E-state index in [1.54, 1.807) is 0 Å². The highest BCUT2D eigenvalue weighted by molar-refractivity contribution is 5.74. The molecular formula is C15H27NO2. The lowest BCUT2D eigenvalue weighted by molar-refractivity contribution is -0.150. The van der Waals surface area contributed by atoms with Crippen molar-refractivity contribution in [2.75, 3.05) is 13.1 Å². The van der Waals surface area contributed by atoms with Gasteiger partial charge in [-0.25, -0.2) is 0 Å². The number of likely N-dealkylation sites (tertiary alicyclic amines) is 1. The molecule has 0 aromatic heterocycles. The SMILES string of the molecule is CC1(C)CCN(C2CCC(C)(C(=O)O)CC2)CC1. The van der Waals surface area contributed by atoms with E-state index in [1.807, 2.05) is 6.92 Å². The van der Waals surface area contributed by atoms with Crippen LogP contribution in [-0.4, -0.2) is 35.1 Å². The molecule has 2 rings (SSSR count). The van der Waals surface area contributed by atoms with Gasteiger partial charge >= 0.3 is 5.97 Å². The lowest BCUT2D eigenvalue weighted by Gasteiger charge is -2.44. The summed E-state index contributed by atoms with van der Waals surface area (Å²) in [5.41, 5.74) is 0.0340. The molecule has 0 spiro atoms. The maximum Gasteiger partial charge on any atom is 0.309 e. The minimum Gasteiger partial charge on any atom is -0.481 e. The fourth-order valence-corrected chi connectivity index (χ4v) is 3.31. The molecule has 1 saturated carbocycles. The summed E-state index contributed by atoms with van der Waals surface area (Å²) in [5, 5.41) is 9.25. The Kier molecular flexibility index (Phi) is 3.72. The third-order valence-electron chi connectivity index (χ3n) is 5.24. The fraction of sp³-hybridized carbons (Fsp3) is 0.933. The zero-order chi connectivity index (χ0) is 13.4. The number of aliphatic carboxylic acids is 1. The van der Waals surface area contributed by atoms with Gasteiger partial charge in [-0.05, 0) is 64.0 Å². The summed E-state index contributed by atoms with van der Waals surface area (Å²) in [4.78, 5) is 13.8. The van der Waals surface area contributed by atoms with Gasteiger partial charge in [0.25, 0.3) is 0 Å². The second kappa shape index (κ2) is 4.84. The van der Waals surface area contributed by atoms with Crippen molar-refractivity contribution in [3.8, 4) is 0 Å². The topological polar surface area (TPSA) is 40.5 Å². The smallest absolute Gasteiger partial charge is 0.309 e. The van der Waals surface area contributed by atoms with E-state index in [0.29, 0.717) is 11.5 Å². The zero-order valence-corrected chi connectivity index (χ0v) is 12.0. The molecule has 0 atom stereocenters. The van der Waals surface area contributed by atoms with Crippen molar-refractivity contribution < 1.29 is 9.90 Å². The summed E-state index contributed by atoms with van der Waals surface area (Å²) < 4.78 is 0. The van der Waals surface area contributed by atoms with Crippen LogP contribution in [0.25, 0.3) is 0 Å². The third kappa shape index (κ3) is 2.87. The molecule has 0 radical (unpaired) electrons. The molecule has 0 aromatic rings. The van der Waals surface area contributed by atoms with E-state index < -0.39 is 11.4 Å². The normalized spacial score (nSPS) is 37.4. The Morgan fingerprint density at radius 3 is 2.00 bits per heavy atom. The van der Waals surface area contributed by atoms with Gasteiger partial charge in [-0.2, -0.15) is 0 Å². The molecule has 18 heavy (non-hydrogen) atoms. The Balaban J connectivity index is 1.86. The molecule has 0 amide bonds. The predicted molar refractivity (Wildman–Crippen MR) is 72.6 cm³/mol. The molecule has 3 heteroatoms. The molecule has 1 N–H and O–H groups in total. The summed E-state index contributed by atoms with van der Waals surface area (Å²) in [6.07, 6.45) is 6.35. The van der Waals surface area contributed by atoms with Gasteiger partial charge in [-0.1, -0.05) is 13.8 Å². The van der Waals surface area contributed by atoms with Gasteiger partial charge in [0.05, 0.1) is 5.41 Å². The summed E-state index contributed by atoms with van der Waals surface area (Å²) >= 11 is 0. The van der Waals surface area contributed by atoms with Gasteiger partial charge in [0.2, 0.25) is 0 Å². The van der Waals surface area contributed by atoms with Gasteiger partial charge in [-0.3, -0.25) is 4.79 Å². The molecule has 0 aromatic carbocycles. The number of rotatable bonds is 2. The maximum atomic E-state index is 11.2. The van der Waals surface area contributed by atoms with Crippen molar-refractivity contribution in [2.45, 2.75) is 65.3 Å². The standard InChI is InChI=1S/C15H27NO2/c1-14(2)8-10-16(11-9-14)12-4-6-15(3,7-5-12)13(17)18/h12H,4-11H2,1-3H3,(H,17,18). The van der Waals surface area contributed by atoms with Crippen molar-refractivity contribution in [3.05, 3.63) is 0 Å². The van der Waals surface area contributed by atoms with Crippen LogP contribution >= 0.6 is 0 Å². The number of piperidine rings is 1. The average molecular weight is 253 g/mol. The molecule has 104 valence electrons. The van der Waals surface area contributed by atoms with Crippen LogP contribution in [0.5, 0.6) is 0 Å². The molecule has 2 aliphatic rings. The summed E-state index contributed by atoms with van der Waals surface area (Å²) in [7, 11) is 0. The number of carboxylic acids is 1. The van der Waals surface area contributed by atoms with Crippen LogP contribution in [0.2, 0.25) is 0 Å². The molecule has 3 nitrogen and oxygen atoms in total. The first-order valence-corrected chi connectivity index (χ1v) is 7.30. The number of carbonyl (C=O) groups is 1. The van der Waals surface area contributed by atoms with E-state index in [4.69, 9.17) is 0 Å². The quantitative estimate of drug-likeness (QED) is 0.822. The predicted octanol–water partition coefficient (Wildman–Crippen LogP) is 3.14. The van der Waals surface area contributed by atoms with Gasteiger partial charge in [0, 0.05) is 6.04 Å². The average Bonchev–Trinajstić information content (AvgIpc) is 2.30. The van der Waals surface area contributed by atoms with Crippen molar-refractivity contribution >= 4 is 5.97 Å². The Morgan fingerprint density at radius 2 is 1.56 bits per heavy atom. The fourth-order valence-electron chi connectivity index (χ4n) is 3.31. The van der Waals surface area contributed by atoms with Gasteiger partial charge < -0.3 is 10.0 Å². The number of nitrogens with zero attached hydrogens (tertiary/aromatic N) is 1. The van der Waals surface area contributed by atoms with E-state index in [9.17, 15) is 9.90 Å². The van der Waals surface area contributed by atoms with E-state index in [1.165, 1.54) is 25.9 Å². The number of hydrogen-bond acceptors (Lipinski definition) is 2. The van der Waals surface area contributed by atoms with Crippen molar-refractivity contribution in [3.63, 3.8) is 0 Å². The van der Waals surface area contributed by atoms with Crippen LogP contribution in [0.3, 0.4) is 0 Å².